The molecule has 1 saturated heterocycles. The maximum atomic E-state index is 5.88. The summed E-state index contributed by atoms with van der Waals surface area (Å²) in [4.78, 5) is 2.22. The van der Waals surface area contributed by atoms with Crippen molar-refractivity contribution in [1.82, 2.24) is 10.2 Å². The summed E-state index contributed by atoms with van der Waals surface area (Å²) in [7, 11) is 4.23. The quantitative estimate of drug-likeness (QED) is 0.852. The van der Waals surface area contributed by atoms with Crippen LogP contribution in [-0.4, -0.2) is 44.3 Å². The van der Waals surface area contributed by atoms with Crippen LogP contribution in [0, 0.1) is 0 Å². The largest absolute Gasteiger partial charge is 0.374 e. The first-order chi connectivity index (χ1) is 9.15. The van der Waals surface area contributed by atoms with Gasteiger partial charge in [-0.15, -0.1) is 0 Å². The lowest BCUT2D eigenvalue weighted by Crippen LogP contribution is -2.36. The summed E-state index contributed by atoms with van der Waals surface area (Å²) in [5, 5.41) is 3.66. The van der Waals surface area contributed by atoms with E-state index in [1.165, 1.54) is 18.4 Å². The summed E-state index contributed by atoms with van der Waals surface area (Å²) >= 11 is 0. The van der Waals surface area contributed by atoms with E-state index in [9.17, 15) is 0 Å². The Morgan fingerprint density at radius 2 is 2.00 bits per heavy atom. The molecule has 3 nitrogen and oxygen atoms in total. The van der Waals surface area contributed by atoms with Gasteiger partial charge in [-0.25, -0.2) is 0 Å². The van der Waals surface area contributed by atoms with Gasteiger partial charge in [0.15, 0.2) is 0 Å². The van der Waals surface area contributed by atoms with Gasteiger partial charge < -0.3 is 15.0 Å². The molecule has 0 radical (unpaired) electrons. The van der Waals surface area contributed by atoms with Crippen molar-refractivity contribution < 1.29 is 4.74 Å². The number of nitrogens with one attached hydrogen (secondary N) is 1. The Kier molecular flexibility index (Phi) is 5.37. The average molecular weight is 262 g/mol. The normalized spacial score (nSPS) is 24.8. The van der Waals surface area contributed by atoms with Gasteiger partial charge in [0, 0.05) is 19.1 Å². The minimum atomic E-state index is 0.371. The Labute approximate surface area is 116 Å². The molecule has 0 amide bonds. The van der Waals surface area contributed by atoms with E-state index in [0.717, 1.165) is 13.1 Å². The van der Waals surface area contributed by atoms with Gasteiger partial charge in [0.1, 0.15) is 0 Å². The zero-order valence-electron chi connectivity index (χ0n) is 12.3. The fourth-order valence-electron chi connectivity index (χ4n) is 2.65. The zero-order valence-corrected chi connectivity index (χ0v) is 12.3. The second kappa shape index (κ2) is 7.04. The van der Waals surface area contributed by atoms with Gasteiger partial charge in [-0.1, -0.05) is 30.3 Å². The molecule has 3 atom stereocenters. The number of nitrogens with zero attached hydrogens (tertiary/aromatic N) is 1. The van der Waals surface area contributed by atoms with Gasteiger partial charge in [-0.05, 0) is 39.4 Å². The molecule has 0 bridgehead atoms. The molecule has 2 rings (SSSR count). The van der Waals surface area contributed by atoms with Gasteiger partial charge in [-0.2, -0.15) is 0 Å². The van der Waals surface area contributed by atoms with Crippen molar-refractivity contribution in [3.63, 3.8) is 0 Å². The van der Waals surface area contributed by atoms with Crippen LogP contribution in [0.1, 0.15) is 31.4 Å². The molecule has 1 aromatic carbocycles. The van der Waals surface area contributed by atoms with E-state index in [0.29, 0.717) is 18.2 Å². The first-order valence-corrected chi connectivity index (χ1v) is 7.23. The molecule has 0 spiro atoms. The smallest absolute Gasteiger partial charge is 0.0704 e. The van der Waals surface area contributed by atoms with Gasteiger partial charge in [-0.3, -0.25) is 0 Å². The summed E-state index contributed by atoms with van der Waals surface area (Å²) in [5.41, 5.74) is 1.35. The van der Waals surface area contributed by atoms with Crippen molar-refractivity contribution in [3.8, 4) is 0 Å². The van der Waals surface area contributed by atoms with Gasteiger partial charge in [0.05, 0.1) is 12.2 Å². The first-order valence-electron chi connectivity index (χ1n) is 7.23. The predicted molar refractivity (Wildman–Crippen MR) is 79.3 cm³/mol. The van der Waals surface area contributed by atoms with Crippen LogP contribution in [0.5, 0.6) is 0 Å². The Morgan fingerprint density at radius 3 is 2.58 bits per heavy atom. The van der Waals surface area contributed by atoms with Crippen LogP contribution in [0.15, 0.2) is 30.3 Å². The third kappa shape index (κ3) is 4.60. The molecule has 106 valence electrons. The summed E-state index contributed by atoms with van der Waals surface area (Å²) < 4.78 is 5.88. The van der Waals surface area contributed by atoms with Crippen LogP contribution in [0.3, 0.4) is 0 Å². The van der Waals surface area contributed by atoms with Crippen molar-refractivity contribution in [2.45, 2.75) is 38.0 Å². The molecule has 3 unspecified atom stereocenters. The first kappa shape index (κ1) is 14.5. The highest BCUT2D eigenvalue weighted by molar-refractivity contribution is 5.19. The molecule has 1 N–H and O–H groups in total. The SMILES string of the molecule is CC1CCC(CNC(CN(C)C)c2ccccc2)O1. The molecular formula is C16H26N2O. The highest BCUT2D eigenvalue weighted by atomic mass is 16.5. The summed E-state index contributed by atoms with van der Waals surface area (Å²) in [6, 6.07) is 11.0. The van der Waals surface area contributed by atoms with Crippen molar-refractivity contribution in [1.29, 1.82) is 0 Å². The van der Waals surface area contributed by atoms with Crippen LogP contribution in [-0.2, 0) is 4.74 Å². The Balaban J connectivity index is 1.91. The lowest BCUT2D eigenvalue weighted by molar-refractivity contribution is 0.0537. The Morgan fingerprint density at radius 1 is 1.26 bits per heavy atom. The number of hydrogen-bond acceptors (Lipinski definition) is 3. The fraction of sp³-hybridized carbons (Fsp3) is 0.625. The monoisotopic (exact) mass is 262 g/mol. The third-order valence-electron chi connectivity index (χ3n) is 3.66. The molecule has 19 heavy (non-hydrogen) atoms. The fourth-order valence-corrected chi connectivity index (χ4v) is 2.65. The van der Waals surface area contributed by atoms with E-state index in [-0.39, 0.29) is 0 Å². The molecule has 3 heteroatoms. The minimum absolute atomic E-state index is 0.371. The van der Waals surface area contributed by atoms with E-state index in [1.54, 1.807) is 0 Å². The predicted octanol–water partition coefficient (Wildman–Crippen LogP) is 2.45. The molecule has 1 fully saturated rings. The topological polar surface area (TPSA) is 24.5 Å². The Hall–Kier alpha value is -0.900. The number of benzene rings is 1. The number of likely N-dealkylation sites (N-methyl/N-ethyl adjacent to an activating group) is 1. The maximum absolute atomic E-state index is 5.88. The highest BCUT2D eigenvalue weighted by Gasteiger charge is 2.22. The molecule has 1 heterocycles. The molecule has 1 aliphatic heterocycles. The average Bonchev–Trinajstić information content (AvgIpc) is 2.81. The summed E-state index contributed by atoms with van der Waals surface area (Å²) in [5.74, 6) is 0. The molecule has 0 saturated carbocycles. The van der Waals surface area contributed by atoms with E-state index < -0.39 is 0 Å². The van der Waals surface area contributed by atoms with Crippen molar-refractivity contribution >= 4 is 0 Å². The highest BCUT2D eigenvalue weighted by Crippen LogP contribution is 2.20. The second-order valence-electron chi connectivity index (χ2n) is 5.78. The van der Waals surface area contributed by atoms with Crippen molar-refractivity contribution in [2.75, 3.05) is 27.2 Å². The maximum Gasteiger partial charge on any atom is 0.0704 e. The minimum Gasteiger partial charge on any atom is -0.374 e. The number of hydrogen-bond donors (Lipinski definition) is 1. The Bertz CT molecular complexity index is 366. The number of rotatable bonds is 6. The third-order valence-corrected chi connectivity index (χ3v) is 3.66. The van der Waals surface area contributed by atoms with Crippen LogP contribution in [0.25, 0.3) is 0 Å². The molecule has 1 aliphatic rings. The lowest BCUT2D eigenvalue weighted by atomic mass is 10.1. The van der Waals surface area contributed by atoms with E-state index in [2.05, 4.69) is 61.6 Å². The van der Waals surface area contributed by atoms with Crippen LogP contribution in [0.4, 0.5) is 0 Å². The zero-order chi connectivity index (χ0) is 13.7. The molecule has 0 aliphatic carbocycles. The van der Waals surface area contributed by atoms with E-state index in [1.807, 2.05) is 0 Å². The van der Waals surface area contributed by atoms with Gasteiger partial charge >= 0.3 is 0 Å². The second-order valence-corrected chi connectivity index (χ2v) is 5.78. The van der Waals surface area contributed by atoms with Crippen LogP contribution >= 0.6 is 0 Å². The molecular weight excluding hydrogens is 236 g/mol. The van der Waals surface area contributed by atoms with Crippen LogP contribution in [0.2, 0.25) is 0 Å². The molecule has 0 aromatic heterocycles. The number of ether oxygens (including phenoxy) is 1. The molecule has 1 aromatic rings. The van der Waals surface area contributed by atoms with Gasteiger partial charge in [0.2, 0.25) is 0 Å². The lowest BCUT2D eigenvalue weighted by Gasteiger charge is -2.24. The van der Waals surface area contributed by atoms with Crippen molar-refractivity contribution in [2.24, 2.45) is 0 Å². The van der Waals surface area contributed by atoms with Crippen LogP contribution < -0.4 is 5.32 Å². The van der Waals surface area contributed by atoms with Gasteiger partial charge in [0.25, 0.3) is 0 Å². The van der Waals surface area contributed by atoms with E-state index >= 15 is 0 Å². The standard InChI is InChI=1S/C16H26N2O/c1-13-9-10-15(19-13)11-17-16(12-18(2)3)14-7-5-4-6-8-14/h4-8,13,15-17H,9-12H2,1-3H3. The van der Waals surface area contributed by atoms with Crippen molar-refractivity contribution in [3.05, 3.63) is 35.9 Å². The van der Waals surface area contributed by atoms with E-state index in [4.69, 9.17) is 4.74 Å². The summed E-state index contributed by atoms with van der Waals surface area (Å²) in [6.07, 6.45) is 3.17. The summed E-state index contributed by atoms with van der Waals surface area (Å²) in [6.45, 7) is 4.11.